The number of halogens is 5. The average Bonchev–Trinajstić information content (AvgIpc) is 2.39. The van der Waals surface area contributed by atoms with E-state index in [9.17, 15) is 23.3 Å². The van der Waals surface area contributed by atoms with E-state index in [4.69, 9.17) is 11.6 Å². The largest absolute Gasteiger partial charge is 0.288 e. The van der Waals surface area contributed by atoms with Crippen LogP contribution in [-0.2, 0) is 0 Å². The summed E-state index contributed by atoms with van der Waals surface area (Å²) in [5, 5.41) is 10.4. The first-order chi connectivity index (χ1) is 9.82. The molecule has 0 saturated heterocycles. The number of nitro groups is 1. The predicted molar refractivity (Wildman–Crippen MR) is 71.7 cm³/mol. The first kappa shape index (κ1) is 15.6. The summed E-state index contributed by atoms with van der Waals surface area (Å²) in [4.78, 5) is 17.1. The van der Waals surface area contributed by atoms with Crippen LogP contribution >= 0.6 is 27.5 Å². The van der Waals surface area contributed by atoms with Crippen LogP contribution in [0.15, 0.2) is 22.9 Å². The standard InChI is InChI=1S/C11H4BrClF3N3O2/c12-8-9(17-3-18-10(8)11(15)16)4-1-7(19(20)21)5(13)2-6(4)14/h1-3,11H. The Morgan fingerprint density at radius 2 is 2.00 bits per heavy atom. The minimum absolute atomic E-state index is 0.224. The zero-order valence-electron chi connectivity index (χ0n) is 9.86. The molecule has 10 heteroatoms. The van der Waals surface area contributed by atoms with Crippen LogP contribution in [0.3, 0.4) is 0 Å². The van der Waals surface area contributed by atoms with Crippen LogP contribution in [0.25, 0.3) is 11.3 Å². The molecule has 0 fully saturated rings. The molecule has 2 rings (SSSR count). The van der Waals surface area contributed by atoms with Gasteiger partial charge in [-0.15, -0.1) is 0 Å². The maximum atomic E-state index is 13.9. The Hall–Kier alpha value is -1.74. The highest BCUT2D eigenvalue weighted by Crippen LogP contribution is 2.37. The van der Waals surface area contributed by atoms with Gasteiger partial charge in [0.15, 0.2) is 0 Å². The van der Waals surface area contributed by atoms with Crippen LogP contribution in [-0.4, -0.2) is 14.9 Å². The Labute approximate surface area is 129 Å². The van der Waals surface area contributed by atoms with Crippen LogP contribution in [0.1, 0.15) is 12.1 Å². The monoisotopic (exact) mass is 381 g/mol. The third-order valence-corrected chi connectivity index (χ3v) is 3.60. The van der Waals surface area contributed by atoms with Crippen molar-refractivity contribution in [1.29, 1.82) is 0 Å². The first-order valence-corrected chi connectivity index (χ1v) is 6.42. The van der Waals surface area contributed by atoms with Gasteiger partial charge in [0.05, 0.1) is 15.1 Å². The van der Waals surface area contributed by atoms with Crippen LogP contribution in [0.2, 0.25) is 5.02 Å². The summed E-state index contributed by atoms with van der Waals surface area (Å²) in [5.41, 5.74) is -1.76. The number of alkyl halides is 2. The normalized spacial score (nSPS) is 11.0. The Morgan fingerprint density at radius 1 is 1.33 bits per heavy atom. The predicted octanol–water partition coefficient (Wildman–Crippen LogP) is 4.54. The third-order valence-electron chi connectivity index (χ3n) is 2.51. The second-order valence-corrected chi connectivity index (χ2v) is 4.96. The van der Waals surface area contributed by atoms with Gasteiger partial charge in [0.1, 0.15) is 22.9 Å². The molecular formula is C11H4BrClF3N3O2. The van der Waals surface area contributed by atoms with Crippen LogP contribution in [0, 0.1) is 15.9 Å². The zero-order chi connectivity index (χ0) is 15.7. The molecule has 21 heavy (non-hydrogen) atoms. The van der Waals surface area contributed by atoms with Gasteiger partial charge in [0.25, 0.3) is 12.1 Å². The molecule has 0 aliphatic rings. The van der Waals surface area contributed by atoms with Crippen LogP contribution in [0.5, 0.6) is 0 Å². The lowest BCUT2D eigenvalue weighted by Gasteiger charge is -2.09. The highest BCUT2D eigenvalue weighted by Gasteiger charge is 2.23. The fraction of sp³-hybridized carbons (Fsp3) is 0.0909. The van der Waals surface area contributed by atoms with Crippen LogP contribution < -0.4 is 0 Å². The highest BCUT2D eigenvalue weighted by molar-refractivity contribution is 9.10. The Bertz CT molecular complexity index is 730. The van der Waals surface area contributed by atoms with Crippen molar-refractivity contribution in [3.05, 3.63) is 49.6 Å². The summed E-state index contributed by atoms with van der Waals surface area (Å²) < 4.78 is 39.2. The Morgan fingerprint density at radius 3 is 2.57 bits per heavy atom. The van der Waals surface area contributed by atoms with E-state index in [1.54, 1.807) is 0 Å². The Balaban J connectivity index is 2.70. The number of aromatic nitrogens is 2. The molecule has 0 bridgehead atoms. The van der Waals surface area contributed by atoms with Gasteiger partial charge in [-0.1, -0.05) is 11.6 Å². The lowest BCUT2D eigenvalue weighted by Crippen LogP contribution is -1.99. The molecule has 0 radical (unpaired) electrons. The summed E-state index contributed by atoms with van der Waals surface area (Å²) in [6.07, 6.45) is -2.09. The smallest absolute Gasteiger partial charge is 0.258 e. The number of benzene rings is 1. The molecule has 0 aliphatic carbocycles. The van der Waals surface area contributed by atoms with Crippen molar-refractivity contribution in [2.24, 2.45) is 0 Å². The van der Waals surface area contributed by atoms with Crippen molar-refractivity contribution < 1.29 is 18.1 Å². The Kier molecular flexibility index (Phi) is 4.43. The molecule has 2 aromatic rings. The summed E-state index contributed by atoms with van der Waals surface area (Å²) in [6.45, 7) is 0. The molecule has 0 unspecified atom stereocenters. The van der Waals surface area contributed by atoms with Crippen molar-refractivity contribution in [3.63, 3.8) is 0 Å². The van der Waals surface area contributed by atoms with Gasteiger partial charge in [0.2, 0.25) is 0 Å². The van der Waals surface area contributed by atoms with Crippen molar-refractivity contribution >= 4 is 33.2 Å². The molecule has 0 aliphatic heterocycles. The summed E-state index contributed by atoms with van der Waals surface area (Å²) >= 11 is 8.42. The molecule has 1 heterocycles. The molecule has 0 spiro atoms. The van der Waals surface area contributed by atoms with E-state index in [-0.39, 0.29) is 15.7 Å². The number of nitrogens with zero attached hydrogens (tertiary/aromatic N) is 3. The number of rotatable bonds is 3. The molecule has 0 N–H and O–H groups in total. The van der Waals surface area contributed by atoms with Crippen molar-refractivity contribution in [1.82, 2.24) is 9.97 Å². The minimum Gasteiger partial charge on any atom is -0.258 e. The molecule has 0 saturated carbocycles. The van der Waals surface area contributed by atoms with Crippen molar-refractivity contribution in [3.8, 4) is 11.3 Å². The van der Waals surface area contributed by atoms with Gasteiger partial charge in [-0.2, -0.15) is 0 Å². The van der Waals surface area contributed by atoms with Crippen molar-refractivity contribution in [2.75, 3.05) is 0 Å². The molecule has 1 aromatic heterocycles. The number of hydrogen-bond acceptors (Lipinski definition) is 4. The number of nitro benzene ring substituents is 1. The molecule has 110 valence electrons. The minimum atomic E-state index is -2.91. The van der Waals surface area contributed by atoms with E-state index >= 15 is 0 Å². The van der Waals surface area contributed by atoms with Crippen molar-refractivity contribution in [2.45, 2.75) is 6.43 Å². The van der Waals surface area contributed by atoms with E-state index in [2.05, 4.69) is 25.9 Å². The van der Waals surface area contributed by atoms with E-state index in [1.807, 2.05) is 0 Å². The lowest BCUT2D eigenvalue weighted by molar-refractivity contribution is -0.384. The van der Waals surface area contributed by atoms with Gasteiger partial charge in [0, 0.05) is 17.7 Å². The van der Waals surface area contributed by atoms with E-state index in [0.717, 1.165) is 18.5 Å². The maximum Gasteiger partial charge on any atom is 0.288 e. The van der Waals surface area contributed by atoms with Crippen LogP contribution in [0.4, 0.5) is 18.9 Å². The summed E-state index contributed by atoms with van der Waals surface area (Å²) in [5.74, 6) is -0.926. The maximum absolute atomic E-state index is 13.9. The second kappa shape index (κ2) is 5.94. The first-order valence-electron chi connectivity index (χ1n) is 5.25. The molecule has 1 aromatic carbocycles. The molecule has 0 atom stereocenters. The average molecular weight is 383 g/mol. The summed E-state index contributed by atoms with van der Waals surface area (Å²) in [6, 6.07) is 1.56. The van der Waals surface area contributed by atoms with E-state index in [1.165, 1.54) is 0 Å². The molecular weight excluding hydrogens is 378 g/mol. The van der Waals surface area contributed by atoms with E-state index in [0.29, 0.717) is 0 Å². The van der Waals surface area contributed by atoms with Gasteiger partial charge in [-0.05, 0) is 15.9 Å². The van der Waals surface area contributed by atoms with Gasteiger partial charge < -0.3 is 0 Å². The topological polar surface area (TPSA) is 68.9 Å². The molecule has 5 nitrogen and oxygen atoms in total. The third kappa shape index (κ3) is 2.98. The molecule has 0 amide bonds. The van der Waals surface area contributed by atoms with E-state index < -0.39 is 33.6 Å². The fourth-order valence-electron chi connectivity index (χ4n) is 1.58. The fourth-order valence-corrected chi connectivity index (χ4v) is 2.39. The second-order valence-electron chi connectivity index (χ2n) is 3.76. The SMILES string of the molecule is O=[N+]([O-])c1cc(-c2ncnc(C(F)F)c2Br)c(F)cc1Cl. The lowest BCUT2D eigenvalue weighted by atomic mass is 10.1. The number of hydrogen-bond donors (Lipinski definition) is 0. The van der Waals surface area contributed by atoms with Gasteiger partial charge in [-0.3, -0.25) is 10.1 Å². The zero-order valence-corrected chi connectivity index (χ0v) is 12.2. The summed E-state index contributed by atoms with van der Waals surface area (Å²) in [7, 11) is 0. The van der Waals surface area contributed by atoms with Gasteiger partial charge in [-0.25, -0.2) is 23.1 Å². The van der Waals surface area contributed by atoms with Gasteiger partial charge >= 0.3 is 0 Å². The quantitative estimate of drug-likeness (QED) is 0.577. The highest BCUT2D eigenvalue weighted by atomic mass is 79.9.